The molecular formula is C14H16F2N2O3. The van der Waals surface area contributed by atoms with Gasteiger partial charge in [-0.15, -0.1) is 0 Å². The van der Waals surface area contributed by atoms with E-state index in [0.29, 0.717) is 18.4 Å². The minimum absolute atomic E-state index is 0.0151. The van der Waals surface area contributed by atoms with Crippen LogP contribution in [0.5, 0.6) is 0 Å². The molecule has 3 N–H and O–H groups in total. The lowest BCUT2D eigenvalue weighted by molar-refractivity contribution is -0.144. The number of nitrogens with one attached hydrogen (secondary N) is 2. The van der Waals surface area contributed by atoms with Crippen LogP contribution < -0.4 is 10.6 Å². The van der Waals surface area contributed by atoms with Crippen LogP contribution in [0.2, 0.25) is 0 Å². The maximum absolute atomic E-state index is 13.0. The second-order valence-corrected chi connectivity index (χ2v) is 5.15. The highest BCUT2D eigenvalue weighted by Gasteiger charge is 2.42. The molecule has 1 aromatic carbocycles. The third kappa shape index (κ3) is 3.48. The van der Waals surface area contributed by atoms with Crippen molar-refractivity contribution in [1.82, 2.24) is 10.6 Å². The summed E-state index contributed by atoms with van der Waals surface area (Å²) in [6.45, 7) is -0.0151. The zero-order valence-electron chi connectivity index (χ0n) is 11.3. The molecule has 0 aromatic heterocycles. The van der Waals surface area contributed by atoms with E-state index in [9.17, 15) is 23.5 Å². The number of amides is 2. The highest BCUT2D eigenvalue weighted by atomic mass is 19.2. The Morgan fingerprint density at radius 1 is 1.19 bits per heavy atom. The van der Waals surface area contributed by atoms with Gasteiger partial charge in [-0.2, -0.15) is 0 Å². The highest BCUT2D eigenvalue weighted by Crippen LogP contribution is 2.29. The van der Waals surface area contributed by atoms with Crippen molar-refractivity contribution in [2.24, 2.45) is 0 Å². The average Bonchev–Trinajstić information content (AvgIpc) is 2.90. The molecular weight excluding hydrogens is 282 g/mol. The molecule has 1 aliphatic rings. The molecule has 2 amide bonds. The molecule has 0 spiro atoms. The lowest BCUT2D eigenvalue weighted by Gasteiger charge is -2.25. The topological polar surface area (TPSA) is 78.4 Å². The first-order valence-corrected chi connectivity index (χ1v) is 6.66. The van der Waals surface area contributed by atoms with Gasteiger partial charge in [-0.25, -0.2) is 18.4 Å². The zero-order chi connectivity index (χ0) is 15.5. The molecule has 1 aliphatic carbocycles. The fourth-order valence-corrected chi connectivity index (χ4v) is 2.46. The van der Waals surface area contributed by atoms with Crippen LogP contribution in [0.1, 0.15) is 31.2 Å². The number of carbonyl (C=O) groups is 2. The van der Waals surface area contributed by atoms with Gasteiger partial charge in [0.05, 0.1) is 0 Å². The van der Waals surface area contributed by atoms with Crippen molar-refractivity contribution >= 4 is 12.0 Å². The highest BCUT2D eigenvalue weighted by molar-refractivity contribution is 5.86. The average molecular weight is 298 g/mol. The predicted molar refractivity (Wildman–Crippen MR) is 70.6 cm³/mol. The molecule has 1 saturated carbocycles. The van der Waals surface area contributed by atoms with E-state index in [-0.39, 0.29) is 6.54 Å². The van der Waals surface area contributed by atoms with E-state index >= 15 is 0 Å². The molecule has 0 heterocycles. The first kappa shape index (κ1) is 15.2. The van der Waals surface area contributed by atoms with E-state index in [0.717, 1.165) is 25.0 Å². The van der Waals surface area contributed by atoms with Crippen LogP contribution in [0, 0.1) is 11.6 Å². The summed E-state index contributed by atoms with van der Waals surface area (Å²) in [4.78, 5) is 23.1. The third-order valence-electron chi connectivity index (χ3n) is 3.66. The molecule has 1 fully saturated rings. The van der Waals surface area contributed by atoms with Gasteiger partial charge in [0.15, 0.2) is 11.6 Å². The van der Waals surface area contributed by atoms with E-state index in [1.807, 2.05) is 0 Å². The van der Waals surface area contributed by atoms with Gasteiger partial charge in [0.2, 0.25) is 0 Å². The van der Waals surface area contributed by atoms with E-state index in [1.54, 1.807) is 0 Å². The first-order chi connectivity index (χ1) is 9.93. The Morgan fingerprint density at radius 2 is 1.86 bits per heavy atom. The summed E-state index contributed by atoms with van der Waals surface area (Å²) in [5, 5.41) is 14.2. The van der Waals surface area contributed by atoms with E-state index in [2.05, 4.69) is 10.6 Å². The van der Waals surface area contributed by atoms with Gasteiger partial charge in [0, 0.05) is 6.54 Å². The number of aliphatic carboxylic acids is 1. The summed E-state index contributed by atoms with van der Waals surface area (Å²) in [6.07, 6.45) is 2.27. The van der Waals surface area contributed by atoms with Crippen molar-refractivity contribution in [3.63, 3.8) is 0 Å². The summed E-state index contributed by atoms with van der Waals surface area (Å²) in [6, 6.07) is 2.67. The van der Waals surface area contributed by atoms with E-state index in [4.69, 9.17) is 0 Å². The summed E-state index contributed by atoms with van der Waals surface area (Å²) in [5.74, 6) is -3.01. The van der Waals surface area contributed by atoms with Crippen molar-refractivity contribution in [3.8, 4) is 0 Å². The lowest BCUT2D eigenvalue weighted by Crippen LogP contribution is -2.55. The molecule has 0 unspecified atom stereocenters. The molecule has 0 radical (unpaired) electrons. The molecule has 0 aliphatic heterocycles. The number of carboxylic acid groups (broad SMARTS) is 1. The van der Waals surface area contributed by atoms with Crippen LogP contribution in [-0.2, 0) is 11.3 Å². The molecule has 0 saturated heterocycles. The zero-order valence-corrected chi connectivity index (χ0v) is 11.3. The molecule has 21 heavy (non-hydrogen) atoms. The summed E-state index contributed by atoms with van der Waals surface area (Å²) >= 11 is 0. The molecule has 1 aromatic rings. The van der Waals surface area contributed by atoms with Gasteiger partial charge in [-0.1, -0.05) is 18.9 Å². The Kier molecular flexibility index (Phi) is 4.40. The van der Waals surface area contributed by atoms with Crippen molar-refractivity contribution in [2.75, 3.05) is 0 Å². The van der Waals surface area contributed by atoms with Gasteiger partial charge in [0.1, 0.15) is 5.54 Å². The Morgan fingerprint density at radius 3 is 2.43 bits per heavy atom. The number of hydrogen-bond acceptors (Lipinski definition) is 2. The molecule has 0 bridgehead atoms. The van der Waals surface area contributed by atoms with Crippen molar-refractivity contribution in [3.05, 3.63) is 35.4 Å². The lowest BCUT2D eigenvalue weighted by atomic mass is 9.98. The summed E-state index contributed by atoms with van der Waals surface area (Å²) < 4.78 is 25.8. The minimum atomic E-state index is -1.22. The SMILES string of the molecule is O=C(NCc1ccc(F)c(F)c1)NC1(C(=O)O)CCCC1. The Labute approximate surface area is 120 Å². The van der Waals surface area contributed by atoms with Crippen LogP contribution in [0.4, 0.5) is 13.6 Å². The van der Waals surface area contributed by atoms with Crippen LogP contribution in [0.25, 0.3) is 0 Å². The smallest absolute Gasteiger partial charge is 0.329 e. The number of urea groups is 1. The van der Waals surface area contributed by atoms with E-state index < -0.39 is 29.2 Å². The maximum atomic E-state index is 13.0. The van der Waals surface area contributed by atoms with Gasteiger partial charge in [-0.05, 0) is 30.5 Å². The number of rotatable bonds is 4. The Balaban J connectivity index is 1.92. The normalized spacial score (nSPS) is 16.5. The molecule has 7 heteroatoms. The Bertz CT molecular complexity index is 557. The van der Waals surface area contributed by atoms with Gasteiger partial charge >= 0.3 is 12.0 Å². The third-order valence-corrected chi connectivity index (χ3v) is 3.66. The minimum Gasteiger partial charge on any atom is -0.480 e. The number of carboxylic acids is 1. The van der Waals surface area contributed by atoms with Crippen LogP contribution in [0.3, 0.4) is 0 Å². The van der Waals surface area contributed by atoms with Gasteiger partial charge in [-0.3, -0.25) is 0 Å². The number of halogens is 2. The molecule has 2 rings (SSSR count). The first-order valence-electron chi connectivity index (χ1n) is 6.66. The largest absolute Gasteiger partial charge is 0.480 e. The van der Waals surface area contributed by atoms with Crippen molar-refractivity contribution in [1.29, 1.82) is 0 Å². The van der Waals surface area contributed by atoms with Crippen LogP contribution >= 0.6 is 0 Å². The molecule has 114 valence electrons. The van der Waals surface area contributed by atoms with Crippen molar-refractivity contribution < 1.29 is 23.5 Å². The predicted octanol–water partition coefficient (Wildman–Crippen LogP) is 2.16. The number of carbonyl (C=O) groups excluding carboxylic acids is 1. The summed E-state index contributed by atoms with van der Waals surface area (Å²) in [5.41, 5.74) is -0.835. The maximum Gasteiger partial charge on any atom is 0.329 e. The van der Waals surface area contributed by atoms with Crippen LogP contribution in [-0.4, -0.2) is 22.6 Å². The second kappa shape index (κ2) is 6.07. The summed E-state index contributed by atoms with van der Waals surface area (Å²) in [7, 11) is 0. The fourth-order valence-electron chi connectivity index (χ4n) is 2.46. The number of benzene rings is 1. The van der Waals surface area contributed by atoms with Gasteiger partial charge < -0.3 is 15.7 Å². The number of hydrogen-bond donors (Lipinski definition) is 3. The van der Waals surface area contributed by atoms with Crippen LogP contribution in [0.15, 0.2) is 18.2 Å². The van der Waals surface area contributed by atoms with Gasteiger partial charge in [0.25, 0.3) is 0 Å². The van der Waals surface area contributed by atoms with E-state index in [1.165, 1.54) is 6.07 Å². The second-order valence-electron chi connectivity index (χ2n) is 5.15. The standard InChI is InChI=1S/C14H16F2N2O3/c15-10-4-3-9(7-11(10)16)8-17-13(21)18-14(12(19)20)5-1-2-6-14/h3-4,7H,1-2,5-6,8H2,(H,19,20)(H2,17,18,21). The quantitative estimate of drug-likeness (QED) is 0.797. The monoisotopic (exact) mass is 298 g/mol. The Hall–Kier alpha value is -2.18. The molecule has 0 atom stereocenters. The molecule has 5 nitrogen and oxygen atoms in total. The van der Waals surface area contributed by atoms with Crippen molar-refractivity contribution in [2.45, 2.75) is 37.8 Å². The fraction of sp³-hybridized carbons (Fsp3) is 0.429.